The van der Waals surface area contributed by atoms with Crippen LogP contribution >= 0.6 is 0 Å². The van der Waals surface area contributed by atoms with Gasteiger partial charge in [0.2, 0.25) is 0 Å². The Morgan fingerprint density at radius 1 is 1.10 bits per heavy atom. The van der Waals surface area contributed by atoms with Gasteiger partial charge in [0, 0.05) is 18.9 Å². The van der Waals surface area contributed by atoms with E-state index >= 15 is 0 Å². The normalized spacial score (nSPS) is 25.9. The molecule has 3 unspecified atom stereocenters. The zero-order chi connectivity index (χ0) is 14.7. The van der Waals surface area contributed by atoms with E-state index in [9.17, 15) is 0 Å². The summed E-state index contributed by atoms with van der Waals surface area (Å²) in [6, 6.07) is 14.4. The number of hydrogen-bond donors (Lipinski definition) is 0. The lowest BCUT2D eigenvalue weighted by atomic mass is 9.97. The number of hydrogen-bond acceptors (Lipinski definition) is 3. The van der Waals surface area contributed by atoms with Crippen LogP contribution in [0.2, 0.25) is 0 Å². The van der Waals surface area contributed by atoms with Gasteiger partial charge in [-0.25, -0.2) is 0 Å². The lowest BCUT2D eigenvalue weighted by Crippen LogP contribution is -2.37. The van der Waals surface area contributed by atoms with Crippen LogP contribution in [0, 0.1) is 5.92 Å². The molecule has 1 aliphatic rings. The number of benzene rings is 2. The predicted molar refractivity (Wildman–Crippen MR) is 83.5 cm³/mol. The Labute approximate surface area is 125 Å². The van der Waals surface area contributed by atoms with E-state index in [1.165, 1.54) is 5.39 Å². The summed E-state index contributed by atoms with van der Waals surface area (Å²) in [7, 11) is 1.71. The predicted octanol–water partition coefficient (Wildman–Crippen LogP) is 4.01. The van der Waals surface area contributed by atoms with Crippen molar-refractivity contribution in [1.29, 1.82) is 0 Å². The number of ether oxygens (including phenoxy) is 3. The van der Waals surface area contributed by atoms with Crippen LogP contribution in [0.4, 0.5) is 0 Å². The summed E-state index contributed by atoms with van der Waals surface area (Å²) < 4.78 is 17.4. The van der Waals surface area contributed by atoms with Gasteiger partial charge in [0.25, 0.3) is 0 Å². The molecule has 3 heteroatoms. The van der Waals surface area contributed by atoms with Gasteiger partial charge < -0.3 is 14.2 Å². The maximum atomic E-state index is 6.14. The lowest BCUT2D eigenvalue weighted by Gasteiger charge is -2.33. The van der Waals surface area contributed by atoms with Crippen molar-refractivity contribution in [3.05, 3.63) is 42.5 Å². The molecule has 0 amide bonds. The second-order valence-corrected chi connectivity index (χ2v) is 5.81. The van der Waals surface area contributed by atoms with Crippen LogP contribution in [-0.2, 0) is 9.47 Å². The Balaban J connectivity index is 1.78. The fraction of sp³-hybridized carbons (Fsp3) is 0.444. The largest absolute Gasteiger partial charge is 0.464 e. The van der Waals surface area contributed by atoms with Crippen molar-refractivity contribution in [3.8, 4) is 5.75 Å². The molecule has 3 atom stereocenters. The summed E-state index contributed by atoms with van der Waals surface area (Å²) in [5, 5.41) is 2.32. The van der Waals surface area contributed by atoms with Crippen molar-refractivity contribution in [1.82, 2.24) is 0 Å². The van der Waals surface area contributed by atoms with Crippen LogP contribution in [0.5, 0.6) is 5.75 Å². The van der Waals surface area contributed by atoms with Gasteiger partial charge in [0.05, 0.1) is 12.7 Å². The molecule has 1 aliphatic heterocycles. The minimum Gasteiger partial charge on any atom is -0.464 e. The van der Waals surface area contributed by atoms with Gasteiger partial charge in [-0.2, -0.15) is 0 Å². The van der Waals surface area contributed by atoms with Gasteiger partial charge in [-0.05, 0) is 23.8 Å². The molecule has 3 rings (SSSR count). The molecule has 0 saturated carbocycles. The molecule has 1 heterocycles. The highest BCUT2D eigenvalue weighted by molar-refractivity contribution is 5.88. The third kappa shape index (κ3) is 3.36. The van der Waals surface area contributed by atoms with E-state index in [2.05, 4.69) is 25.1 Å². The maximum absolute atomic E-state index is 6.14. The Hall–Kier alpha value is -1.58. The smallest absolute Gasteiger partial charge is 0.200 e. The van der Waals surface area contributed by atoms with Gasteiger partial charge in [-0.1, -0.05) is 43.3 Å². The number of rotatable bonds is 4. The average Bonchev–Trinajstić information content (AvgIpc) is 2.47. The first-order valence-corrected chi connectivity index (χ1v) is 7.55. The molecule has 3 nitrogen and oxygen atoms in total. The Bertz CT molecular complexity index is 591. The zero-order valence-electron chi connectivity index (χ0n) is 12.6. The Morgan fingerprint density at radius 2 is 1.90 bits per heavy atom. The van der Waals surface area contributed by atoms with E-state index in [0.29, 0.717) is 12.5 Å². The maximum Gasteiger partial charge on any atom is 0.200 e. The summed E-state index contributed by atoms with van der Waals surface area (Å²) in [5.41, 5.74) is 0. The summed E-state index contributed by atoms with van der Waals surface area (Å²) >= 11 is 0. The van der Waals surface area contributed by atoms with E-state index in [1.54, 1.807) is 7.11 Å². The number of fused-ring (bicyclic) bond motifs is 1. The highest BCUT2D eigenvalue weighted by Crippen LogP contribution is 2.30. The second-order valence-electron chi connectivity index (χ2n) is 5.81. The Kier molecular flexibility index (Phi) is 4.42. The summed E-state index contributed by atoms with van der Waals surface area (Å²) in [6.07, 6.45) is 1.88. The molecule has 21 heavy (non-hydrogen) atoms. The molecule has 0 aromatic heterocycles. The van der Waals surface area contributed by atoms with Crippen molar-refractivity contribution >= 4 is 10.8 Å². The van der Waals surface area contributed by atoms with Crippen molar-refractivity contribution in [3.63, 3.8) is 0 Å². The van der Waals surface area contributed by atoms with E-state index in [0.717, 1.165) is 24.0 Å². The molecule has 0 radical (unpaired) electrons. The molecular weight excluding hydrogens is 264 g/mol. The van der Waals surface area contributed by atoms with Crippen molar-refractivity contribution in [2.75, 3.05) is 13.7 Å². The molecule has 1 fully saturated rings. The summed E-state index contributed by atoms with van der Waals surface area (Å²) in [6.45, 7) is 2.87. The summed E-state index contributed by atoms with van der Waals surface area (Å²) in [5.74, 6) is 1.47. The molecule has 0 bridgehead atoms. The SMILES string of the molecule is COCC1CC(C)CC(Oc2cccc3ccccc23)O1. The van der Waals surface area contributed by atoms with Crippen molar-refractivity contribution < 1.29 is 14.2 Å². The standard InChI is InChI=1S/C18H22O3/c1-13-10-15(12-19-2)20-18(11-13)21-17-9-5-7-14-6-3-4-8-16(14)17/h3-9,13,15,18H,10-12H2,1-2H3. The van der Waals surface area contributed by atoms with Crippen LogP contribution in [0.3, 0.4) is 0 Å². The van der Waals surface area contributed by atoms with E-state index < -0.39 is 0 Å². The van der Waals surface area contributed by atoms with Gasteiger partial charge in [0.1, 0.15) is 5.75 Å². The van der Waals surface area contributed by atoms with E-state index in [-0.39, 0.29) is 12.4 Å². The molecule has 112 valence electrons. The highest BCUT2D eigenvalue weighted by atomic mass is 16.7. The topological polar surface area (TPSA) is 27.7 Å². The second kappa shape index (κ2) is 6.46. The van der Waals surface area contributed by atoms with Crippen LogP contribution in [0.1, 0.15) is 19.8 Å². The summed E-state index contributed by atoms with van der Waals surface area (Å²) in [4.78, 5) is 0. The van der Waals surface area contributed by atoms with Gasteiger partial charge >= 0.3 is 0 Å². The lowest BCUT2D eigenvalue weighted by molar-refractivity contribution is -0.172. The van der Waals surface area contributed by atoms with Crippen LogP contribution < -0.4 is 4.74 Å². The molecule has 0 N–H and O–H groups in total. The zero-order valence-corrected chi connectivity index (χ0v) is 12.6. The molecule has 0 aliphatic carbocycles. The number of methoxy groups -OCH3 is 1. The van der Waals surface area contributed by atoms with Crippen LogP contribution in [-0.4, -0.2) is 26.1 Å². The third-order valence-electron chi connectivity index (χ3n) is 3.96. The van der Waals surface area contributed by atoms with E-state index in [1.807, 2.05) is 24.3 Å². The van der Waals surface area contributed by atoms with Gasteiger partial charge in [-0.3, -0.25) is 0 Å². The molecular formula is C18H22O3. The van der Waals surface area contributed by atoms with E-state index in [4.69, 9.17) is 14.2 Å². The average molecular weight is 286 g/mol. The first-order valence-electron chi connectivity index (χ1n) is 7.55. The minimum atomic E-state index is -0.195. The van der Waals surface area contributed by atoms with Crippen LogP contribution in [0.15, 0.2) is 42.5 Å². The van der Waals surface area contributed by atoms with Crippen molar-refractivity contribution in [2.45, 2.75) is 32.2 Å². The monoisotopic (exact) mass is 286 g/mol. The molecule has 1 saturated heterocycles. The molecule has 2 aromatic rings. The molecule has 0 spiro atoms. The Morgan fingerprint density at radius 3 is 2.76 bits per heavy atom. The first kappa shape index (κ1) is 14.4. The van der Waals surface area contributed by atoms with Crippen LogP contribution in [0.25, 0.3) is 10.8 Å². The minimum absolute atomic E-state index is 0.124. The third-order valence-corrected chi connectivity index (χ3v) is 3.96. The van der Waals surface area contributed by atoms with Crippen molar-refractivity contribution in [2.24, 2.45) is 5.92 Å². The fourth-order valence-electron chi connectivity index (χ4n) is 3.01. The van der Waals surface area contributed by atoms with Gasteiger partial charge in [-0.15, -0.1) is 0 Å². The quantitative estimate of drug-likeness (QED) is 0.850. The molecule has 2 aromatic carbocycles. The first-order chi connectivity index (χ1) is 10.3. The fourth-order valence-corrected chi connectivity index (χ4v) is 3.01. The highest BCUT2D eigenvalue weighted by Gasteiger charge is 2.28. The van der Waals surface area contributed by atoms with Gasteiger partial charge in [0.15, 0.2) is 6.29 Å².